The molecule has 1 aromatic rings. The lowest BCUT2D eigenvalue weighted by atomic mass is 10.2. The van der Waals surface area contributed by atoms with Crippen LogP contribution in [0.5, 0.6) is 5.75 Å². The average molecular weight is 415 g/mol. The summed E-state index contributed by atoms with van der Waals surface area (Å²) in [4.78, 5) is 12.7. The number of methoxy groups -OCH3 is 1. The Bertz CT molecular complexity index is 780. The highest BCUT2D eigenvalue weighted by atomic mass is 32.2. The zero-order valence-corrected chi connectivity index (χ0v) is 17.3. The van der Waals surface area contributed by atoms with E-state index in [4.69, 9.17) is 9.47 Å². The van der Waals surface area contributed by atoms with Gasteiger partial charge in [0.15, 0.2) is 0 Å². The van der Waals surface area contributed by atoms with Crippen LogP contribution in [0.2, 0.25) is 0 Å². The molecule has 150 valence electrons. The van der Waals surface area contributed by atoms with Gasteiger partial charge in [-0.25, -0.2) is 8.42 Å². The van der Waals surface area contributed by atoms with Crippen molar-refractivity contribution >= 4 is 27.7 Å². The summed E-state index contributed by atoms with van der Waals surface area (Å²) in [7, 11) is -2.15. The van der Waals surface area contributed by atoms with Crippen molar-refractivity contribution in [3.63, 3.8) is 0 Å². The molecule has 1 aliphatic carbocycles. The van der Waals surface area contributed by atoms with Gasteiger partial charge in [0.05, 0.1) is 17.4 Å². The molecular formula is C18H26N2O5S2. The third kappa shape index (κ3) is 4.96. The molecule has 1 saturated carbocycles. The molecule has 3 rings (SSSR count). The summed E-state index contributed by atoms with van der Waals surface area (Å²) in [5.41, 5.74) is 0.730. The Kier molecular flexibility index (Phi) is 6.67. The number of carbonyl (C=O) groups excluding carboxylic acids is 1. The lowest BCUT2D eigenvalue weighted by Crippen LogP contribution is -2.47. The zero-order valence-electron chi connectivity index (χ0n) is 15.6. The van der Waals surface area contributed by atoms with Crippen molar-refractivity contribution in [3.05, 3.63) is 23.8 Å². The van der Waals surface area contributed by atoms with Gasteiger partial charge in [-0.3, -0.25) is 4.79 Å². The van der Waals surface area contributed by atoms with Crippen molar-refractivity contribution in [3.8, 4) is 5.75 Å². The Morgan fingerprint density at radius 2 is 2.11 bits per heavy atom. The molecule has 1 unspecified atom stereocenters. The number of amides is 1. The quantitative estimate of drug-likeness (QED) is 0.618. The largest absolute Gasteiger partial charge is 0.491 e. The fraction of sp³-hybridized carbons (Fsp3) is 0.611. The first kappa shape index (κ1) is 20.4. The van der Waals surface area contributed by atoms with Crippen molar-refractivity contribution in [1.82, 2.24) is 9.62 Å². The standard InChI is InChI=1S/C18H26N2O5S2/c1-13-9-15(5-6-17(13)25-8-7-24-2)27(22,23)20-12-26-11-16(20)18(21)19-10-14-3-4-14/h5-6,9,14,16H,3-4,7-8,10-12H2,1-2H3,(H,19,21). The van der Waals surface area contributed by atoms with E-state index in [9.17, 15) is 13.2 Å². The summed E-state index contributed by atoms with van der Waals surface area (Å²) in [6, 6.07) is 4.13. The number of ether oxygens (including phenoxy) is 2. The van der Waals surface area contributed by atoms with E-state index < -0.39 is 16.1 Å². The van der Waals surface area contributed by atoms with E-state index in [1.165, 1.54) is 22.1 Å². The topological polar surface area (TPSA) is 84.9 Å². The average Bonchev–Trinajstić information content (AvgIpc) is 3.33. The van der Waals surface area contributed by atoms with E-state index in [0.717, 1.165) is 18.4 Å². The van der Waals surface area contributed by atoms with E-state index >= 15 is 0 Å². The van der Waals surface area contributed by atoms with Gasteiger partial charge in [0.1, 0.15) is 18.4 Å². The van der Waals surface area contributed by atoms with Gasteiger partial charge >= 0.3 is 0 Å². The Balaban J connectivity index is 1.72. The highest BCUT2D eigenvalue weighted by Crippen LogP contribution is 2.31. The van der Waals surface area contributed by atoms with E-state index in [1.807, 2.05) is 0 Å². The molecule has 0 bridgehead atoms. The third-order valence-corrected chi connectivity index (χ3v) is 7.73. The van der Waals surface area contributed by atoms with Gasteiger partial charge in [-0.15, -0.1) is 11.8 Å². The van der Waals surface area contributed by atoms with Crippen LogP contribution >= 0.6 is 11.8 Å². The predicted octanol–water partition coefficient (Wildman–Crippen LogP) is 1.61. The van der Waals surface area contributed by atoms with E-state index in [-0.39, 0.29) is 16.7 Å². The van der Waals surface area contributed by atoms with E-state index in [0.29, 0.717) is 37.2 Å². The van der Waals surface area contributed by atoms with Crippen molar-refractivity contribution in [2.24, 2.45) is 5.92 Å². The number of benzene rings is 1. The number of hydrogen-bond donors (Lipinski definition) is 1. The van der Waals surface area contributed by atoms with Gasteiger partial charge < -0.3 is 14.8 Å². The minimum Gasteiger partial charge on any atom is -0.491 e. The lowest BCUT2D eigenvalue weighted by Gasteiger charge is -2.23. The van der Waals surface area contributed by atoms with E-state index in [1.54, 1.807) is 26.2 Å². The molecule has 0 spiro atoms. The van der Waals surface area contributed by atoms with Crippen LogP contribution < -0.4 is 10.1 Å². The Morgan fingerprint density at radius 3 is 2.78 bits per heavy atom. The van der Waals surface area contributed by atoms with Gasteiger partial charge in [0, 0.05) is 19.4 Å². The van der Waals surface area contributed by atoms with Gasteiger partial charge in [-0.2, -0.15) is 4.31 Å². The number of carbonyl (C=O) groups is 1. The summed E-state index contributed by atoms with van der Waals surface area (Å²) in [6.45, 7) is 3.30. The molecule has 1 aromatic carbocycles. The van der Waals surface area contributed by atoms with Crippen LogP contribution in [0.4, 0.5) is 0 Å². The highest BCUT2D eigenvalue weighted by Gasteiger charge is 2.40. The molecule has 1 atom stereocenters. The highest BCUT2D eigenvalue weighted by molar-refractivity contribution is 8.00. The molecule has 0 aromatic heterocycles. The Labute approximate surface area is 164 Å². The first-order valence-corrected chi connectivity index (χ1v) is 11.6. The molecule has 2 fully saturated rings. The first-order chi connectivity index (χ1) is 12.9. The number of rotatable bonds is 9. The molecule has 7 nitrogen and oxygen atoms in total. The maximum absolute atomic E-state index is 13.1. The number of nitrogens with zero attached hydrogens (tertiary/aromatic N) is 1. The third-order valence-electron chi connectivity index (χ3n) is 4.70. The minimum absolute atomic E-state index is 0.182. The lowest BCUT2D eigenvalue weighted by molar-refractivity contribution is -0.123. The molecule has 0 radical (unpaired) electrons. The molecule has 1 aliphatic heterocycles. The SMILES string of the molecule is COCCOc1ccc(S(=O)(=O)N2CSCC2C(=O)NCC2CC2)cc1C. The maximum atomic E-state index is 13.1. The number of sulfonamides is 1. The van der Waals surface area contributed by atoms with Crippen LogP contribution in [0.3, 0.4) is 0 Å². The second-order valence-electron chi connectivity index (χ2n) is 6.86. The van der Waals surface area contributed by atoms with Gasteiger partial charge in [0.2, 0.25) is 15.9 Å². The second kappa shape index (κ2) is 8.81. The van der Waals surface area contributed by atoms with Crippen LogP contribution in [0.1, 0.15) is 18.4 Å². The second-order valence-corrected chi connectivity index (χ2v) is 9.76. The summed E-state index contributed by atoms with van der Waals surface area (Å²) in [5, 5.41) is 2.90. The molecule has 1 amide bonds. The number of aryl methyl sites for hydroxylation is 1. The minimum atomic E-state index is -3.75. The number of thioether (sulfide) groups is 1. The molecule has 1 N–H and O–H groups in total. The molecule has 2 aliphatic rings. The van der Waals surface area contributed by atoms with Gasteiger partial charge in [0.25, 0.3) is 0 Å². The van der Waals surface area contributed by atoms with E-state index in [2.05, 4.69) is 5.32 Å². The zero-order chi connectivity index (χ0) is 19.4. The van der Waals surface area contributed by atoms with Crippen LogP contribution in [-0.2, 0) is 19.6 Å². The fourth-order valence-corrected chi connectivity index (χ4v) is 6.10. The van der Waals surface area contributed by atoms with Crippen molar-refractivity contribution in [1.29, 1.82) is 0 Å². The summed E-state index contributed by atoms with van der Waals surface area (Å²) in [6.07, 6.45) is 2.28. The maximum Gasteiger partial charge on any atom is 0.244 e. The van der Waals surface area contributed by atoms with Crippen molar-refractivity contribution in [2.45, 2.75) is 30.7 Å². The van der Waals surface area contributed by atoms with Gasteiger partial charge in [-0.05, 0) is 49.4 Å². The normalized spacial score (nSPS) is 20.6. The smallest absolute Gasteiger partial charge is 0.244 e. The van der Waals surface area contributed by atoms with Crippen LogP contribution in [0, 0.1) is 12.8 Å². The molecule has 9 heteroatoms. The van der Waals surface area contributed by atoms with Crippen LogP contribution in [0.25, 0.3) is 0 Å². The molecular weight excluding hydrogens is 388 g/mol. The molecule has 1 saturated heterocycles. The predicted molar refractivity (Wildman–Crippen MR) is 104 cm³/mol. The molecule has 27 heavy (non-hydrogen) atoms. The monoisotopic (exact) mass is 414 g/mol. The van der Waals surface area contributed by atoms with Gasteiger partial charge in [-0.1, -0.05) is 0 Å². The Hall–Kier alpha value is -1.29. The summed E-state index contributed by atoms with van der Waals surface area (Å²) in [5.74, 6) is 1.75. The van der Waals surface area contributed by atoms with Crippen molar-refractivity contribution in [2.75, 3.05) is 38.5 Å². The van der Waals surface area contributed by atoms with Crippen LogP contribution in [0.15, 0.2) is 23.1 Å². The summed E-state index contributed by atoms with van der Waals surface area (Å²) >= 11 is 1.46. The Morgan fingerprint density at radius 1 is 1.33 bits per heavy atom. The number of hydrogen-bond acceptors (Lipinski definition) is 6. The fourth-order valence-electron chi connectivity index (χ4n) is 2.87. The van der Waals surface area contributed by atoms with Crippen molar-refractivity contribution < 1.29 is 22.7 Å². The number of nitrogens with one attached hydrogen (secondary N) is 1. The molecule has 1 heterocycles. The van der Waals surface area contributed by atoms with Crippen LogP contribution in [-0.4, -0.2) is 63.2 Å². The summed E-state index contributed by atoms with van der Waals surface area (Å²) < 4.78 is 38.0. The first-order valence-electron chi connectivity index (χ1n) is 9.03.